The maximum Gasteiger partial charge on any atom is 0.0980 e. The van der Waals surface area contributed by atoms with E-state index in [9.17, 15) is 0 Å². The van der Waals surface area contributed by atoms with Gasteiger partial charge in [0.05, 0.1) is 6.10 Å². The molecule has 1 saturated heterocycles. The Kier molecular flexibility index (Phi) is 2.47. The van der Waals surface area contributed by atoms with Crippen molar-refractivity contribution in [1.82, 2.24) is 5.32 Å². The fourth-order valence-corrected chi connectivity index (χ4v) is 2.70. The van der Waals surface area contributed by atoms with Crippen molar-refractivity contribution in [2.24, 2.45) is 0 Å². The quantitative estimate of drug-likeness (QED) is 0.697. The lowest BCUT2D eigenvalue weighted by atomic mass is 9.86. The van der Waals surface area contributed by atoms with Crippen LogP contribution >= 0.6 is 0 Å². The Bertz CT molecular complexity index is 350. The second-order valence-electron chi connectivity index (χ2n) is 4.44. The van der Waals surface area contributed by atoms with Crippen molar-refractivity contribution in [3.63, 3.8) is 0 Å². The van der Waals surface area contributed by atoms with Crippen molar-refractivity contribution in [1.29, 1.82) is 0 Å². The third-order valence-electron chi connectivity index (χ3n) is 3.48. The van der Waals surface area contributed by atoms with Gasteiger partial charge >= 0.3 is 0 Å². The van der Waals surface area contributed by atoms with Crippen LogP contribution < -0.4 is 5.32 Å². The van der Waals surface area contributed by atoms with E-state index in [1.165, 1.54) is 24.0 Å². The summed E-state index contributed by atoms with van der Waals surface area (Å²) in [6.45, 7) is 1.99. The van der Waals surface area contributed by atoms with Crippen molar-refractivity contribution in [3.8, 4) is 0 Å². The number of hydrogen-bond donors (Lipinski definition) is 1. The van der Waals surface area contributed by atoms with Gasteiger partial charge in [-0.3, -0.25) is 0 Å². The number of ether oxygens (including phenoxy) is 1. The van der Waals surface area contributed by atoms with Crippen molar-refractivity contribution in [2.75, 3.05) is 13.2 Å². The highest BCUT2D eigenvalue weighted by molar-refractivity contribution is 5.33. The normalized spacial score (nSPS) is 30.1. The molecule has 0 amide bonds. The second-order valence-corrected chi connectivity index (χ2v) is 4.44. The van der Waals surface area contributed by atoms with Gasteiger partial charge in [0.15, 0.2) is 0 Å². The summed E-state index contributed by atoms with van der Waals surface area (Å²) in [5, 5.41) is 3.60. The van der Waals surface area contributed by atoms with E-state index in [2.05, 4.69) is 29.6 Å². The molecule has 1 aliphatic carbocycles. The van der Waals surface area contributed by atoms with Crippen molar-refractivity contribution in [3.05, 3.63) is 35.4 Å². The molecule has 2 nitrogen and oxygen atoms in total. The third-order valence-corrected chi connectivity index (χ3v) is 3.48. The maximum atomic E-state index is 5.97. The number of rotatable bonds is 0. The lowest BCUT2D eigenvalue weighted by Gasteiger charge is -2.32. The first-order valence-corrected chi connectivity index (χ1v) is 5.88. The predicted octanol–water partition coefficient (Wildman–Crippen LogP) is 2.05. The van der Waals surface area contributed by atoms with E-state index >= 15 is 0 Å². The minimum atomic E-state index is 0.289. The summed E-state index contributed by atoms with van der Waals surface area (Å²) in [5.41, 5.74) is 2.88. The average Bonchev–Trinajstić information content (AvgIpc) is 2.54. The Labute approximate surface area is 90.6 Å². The maximum absolute atomic E-state index is 5.97. The molecule has 0 aromatic heterocycles. The van der Waals surface area contributed by atoms with E-state index in [1.54, 1.807) is 0 Å². The number of hydrogen-bond acceptors (Lipinski definition) is 2. The molecule has 1 aromatic carbocycles. The van der Waals surface area contributed by atoms with E-state index in [-0.39, 0.29) is 6.10 Å². The molecule has 2 heteroatoms. The van der Waals surface area contributed by atoms with Crippen molar-refractivity contribution < 1.29 is 4.74 Å². The standard InChI is InChI=1S/C13H17NO/c1-2-5-11-10(4-1)6-7-12-13(11)15-9-3-8-14-12/h1-2,4-5,12-14H,3,6-9H2. The molecule has 2 aliphatic rings. The lowest BCUT2D eigenvalue weighted by molar-refractivity contribution is 0.0348. The monoisotopic (exact) mass is 203 g/mol. The van der Waals surface area contributed by atoms with Crippen LogP contribution in [0, 0.1) is 0 Å². The smallest absolute Gasteiger partial charge is 0.0980 e. The topological polar surface area (TPSA) is 21.3 Å². The number of benzene rings is 1. The molecule has 0 spiro atoms. The van der Waals surface area contributed by atoms with Gasteiger partial charge in [-0.15, -0.1) is 0 Å². The highest BCUT2D eigenvalue weighted by Crippen LogP contribution is 2.33. The van der Waals surface area contributed by atoms with Crippen LogP contribution in [0.2, 0.25) is 0 Å². The first-order chi connectivity index (χ1) is 7.45. The van der Waals surface area contributed by atoms with Gasteiger partial charge in [0.1, 0.15) is 0 Å². The molecular weight excluding hydrogens is 186 g/mol. The Balaban J connectivity index is 1.96. The summed E-state index contributed by atoms with van der Waals surface area (Å²) in [7, 11) is 0. The van der Waals surface area contributed by atoms with Crippen LogP contribution in [-0.4, -0.2) is 19.2 Å². The van der Waals surface area contributed by atoms with E-state index < -0.39 is 0 Å². The fourth-order valence-electron chi connectivity index (χ4n) is 2.70. The predicted molar refractivity (Wildman–Crippen MR) is 59.9 cm³/mol. The second kappa shape index (κ2) is 3.95. The van der Waals surface area contributed by atoms with E-state index in [0.29, 0.717) is 6.04 Å². The largest absolute Gasteiger partial charge is 0.372 e. The Morgan fingerprint density at radius 2 is 2.20 bits per heavy atom. The molecule has 1 fully saturated rings. The van der Waals surface area contributed by atoms with Crippen LogP contribution in [0.1, 0.15) is 30.1 Å². The van der Waals surface area contributed by atoms with Gasteiger partial charge in [-0.05, 0) is 36.9 Å². The number of nitrogens with one attached hydrogen (secondary N) is 1. The van der Waals surface area contributed by atoms with Crippen LogP contribution in [-0.2, 0) is 11.2 Å². The van der Waals surface area contributed by atoms with Crippen LogP contribution in [0.4, 0.5) is 0 Å². The summed E-state index contributed by atoms with van der Waals surface area (Å²) < 4.78 is 5.97. The summed E-state index contributed by atoms with van der Waals surface area (Å²) >= 11 is 0. The number of fused-ring (bicyclic) bond motifs is 3. The molecule has 15 heavy (non-hydrogen) atoms. The first-order valence-electron chi connectivity index (χ1n) is 5.88. The van der Waals surface area contributed by atoms with Crippen molar-refractivity contribution in [2.45, 2.75) is 31.4 Å². The Hall–Kier alpha value is -0.860. The molecular formula is C13H17NO. The minimum Gasteiger partial charge on any atom is -0.372 e. The third kappa shape index (κ3) is 1.68. The molecule has 3 rings (SSSR count). The Morgan fingerprint density at radius 3 is 3.20 bits per heavy atom. The van der Waals surface area contributed by atoms with Gasteiger partial charge in [-0.25, -0.2) is 0 Å². The number of aryl methyl sites for hydroxylation is 1. The fraction of sp³-hybridized carbons (Fsp3) is 0.538. The molecule has 2 unspecified atom stereocenters. The molecule has 2 atom stereocenters. The van der Waals surface area contributed by atoms with Crippen LogP contribution in [0.3, 0.4) is 0 Å². The van der Waals surface area contributed by atoms with Crippen LogP contribution in [0.5, 0.6) is 0 Å². The van der Waals surface area contributed by atoms with Gasteiger partial charge in [-0.1, -0.05) is 24.3 Å². The van der Waals surface area contributed by atoms with E-state index in [4.69, 9.17) is 4.74 Å². The van der Waals surface area contributed by atoms with Crippen LogP contribution in [0.25, 0.3) is 0 Å². The molecule has 1 aliphatic heterocycles. The lowest BCUT2D eigenvalue weighted by Crippen LogP contribution is -2.37. The van der Waals surface area contributed by atoms with Crippen molar-refractivity contribution >= 4 is 0 Å². The highest BCUT2D eigenvalue weighted by Gasteiger charge is 2.30. The molecule has 1 N–H and O–H groups in total. The molecule has 0 bridgehead atoms. The van der Waals surface area contributed by atoms with Gasteiger partial charge < -0.3 is 10.1 Å². The van der Waals surface area contributed by atoms with E-state index in [1.807, 2.05) is 0 Å². The molecule has 0 saturated carbocycles. The van der Waals surface area contributed by atoms with Gasteiger partial charge in [0, 0.05) is 12.6 Å². The molecule has 0 radical (unpaired) electrons. The summed E-state index contributed by atoms with van der Waals surface area (Å²) in [5.74, 6) is 0. The zero-order chi connectivity index (χ0) is 10.1. The average molecular weight is 203 g/mol. The first kappa shape index (κ1) is 9.37. The summed E-state index contributed by atoms with van der Waals surface area (Å²) in [4.78, 5) is 0. The molecule has 80 valence electrons. The molecule has 1 aromatic rings. The Morgan fingerprint density at radius 1 is 1.27 bits per heavy atom. The summed E-state index contributed by atoms with van der Waals surface area (Å²) in [6, 6.07) is 9.24. The highest BCUT2D eigenvalue weighted by atomic mass is 16.5. The SMILES string of the molecule is c1ccc2c(c1)CCC1NCCCOC21. The van der Waals surface area contributed by atoms with E-state index in [0.717, 1.165) is 19.6 Å². The van der Waals surface area contributed by atoms with Gasteiger partial charge in [0.2, 0.25) is 0 Å². The van der Waals surface area contributed by atoms with Gasteiger partial charge in [-0.2, -0.15) is 0 Å². The minimum absolute atomic E-state index is 0.289. The zero-order valence-corrected chi connectivity index (χ0v) is 8.91. The molecule has 1 heterocycles. The van der Waals surface area contributed by atoms with Gasteiger partial charge in [0.25, 0.3) is 0 Å². The summed E-state index contributed by atoms with van der Waals surface area (Å²) in [6.07, 6.45) is 3.82. The zero-order valence-electron chi connectivity index (χ0n) is 8.91. The van der Waals surface area contributed by atoms with Crippen LogP contribution in [0.15, 0.2) is 24.3 Å².